The van der Waals surface area contributed by atoms with Crippen molar-refractivity contribution in [2.24, 2.45) is 0 Å². The van der Waals surface area contributed by atoms with E-state index in [9.17, 15) is 9.90 Å². The Hall–Kier alpha value is -6.10. The van der Waals surface area contributed by atoms with Crippen molar-refractivity contribution in [2.45, 2.75) is 19.0 Å². The predicted octanol–water partition coefficient (Wildman–Crippen LogP) is 6.90. The van der Waals surface area contributed by atoms with Crippen LogP contribution < -0.4 is 14.4 Å². The second-order valence-corrected chi connectivity index (χ2v) is 14.6. The van der Waals surface area contributed by atoms with Crippen molar-refractivity contribution in [3.05, 3.63) is 144 Å². The molecule has 278 valence electrons. The SMILES string of the molecule is CN1CCN(C[C@@H]2Cc3ccccc3CN2C(=O)c2cc3c(cc2-n2cc(C(=O)N(c4ccccc4)c4ccc(O)cc4)c4ccccc42)OCCO3)CC1. The Kier molecular flexibility index (Phi) is 9.21. The summed E-state index contributed by atoms with van der Waals surface area (Å²) in [4.78, 5) is 38.7. The number of nitrogens with zero attached hydrogens (tertiary/aromatic N) is 5. The van der Waals surface area contributed by atoms with Gasteiger partial charge >= 0.3 is 0 Å². The quantitative estimate of drug-likeness (QED) is 0.191. The minimum absolute atomic E-state index is 0.0323. The topological polar surface area (TPSA) is 90.7 Å². The van der Waals surface area contributed by atoms with Gasteiger partial charge in [-0.25, -0.2) is 0 Å². The predicted molar refractivity (Wildman–Crippen MR) is 213 cm³/mol. The van der Waals surface area contributed by atoms with Crippen LogP contribution in [0.3, 0.4) is 0 Å². The minimum atomic E-state index is -0.253. The van der Waals surface area contributed by atoms with Gasteiger partial charge in [0.1, 0.15) is 19.0 Å². The molecule has 0 unspecified atom stereocenters. The van der Waals surface area contributed by atoms with E-state index in [1.54, 1.807) is 29.2 Å². The van der Waals surface area contributed by atoms with Crippen LogP contribution in [0.4, 0.5) is 11.4 Å². The molecule has 10 nitrogen and oxygen atoms in total. The van der Waals surface area contributed by atoms with Crippen molar-refractivity contribution in [1.29, 1.82) is 0 Å². The van der Waals surface area contributed by atoms with Crippen molar-refractivity contribution >= 4 is 34.1 Å². The molecular weight excluding hydrogens is 691 g/mol. The van der Waals surface area contributed by atoms with E-state index < -0.39 is 0 Å². The number of aromatic hydroxyl groups is 1. The van der Waals surface area contributed by atoms with Gasteiger partial charge in [-0.3, -0.25) is 19.4 Å². The summed E-state index contributed by atoms with van der Waals surface area (Å²) in [5.74, 6) is 0.844. The van der Waals surface area contributed by atoms with Gasteiger partial charge in [-0.05, 0) is 73.1 Å². The standard InChI is InChI=1S/C45H43N5O5/c1-46-19-21-47(22-20-46)29-35-25-31-9-5-6-10-32(31)28-48(35)44(52)38-26-42-43(55-24-23-54-42)27-41(38)49-30-39(37-13-7-8-14-40(37)49)45(53)50(33-11-3-2-4-12-33)34-15-17-36(51)18-16-34/h2-18,26-27,30,35,51H,19-25,28-29H2,1H3/t35-/m0/s1. The smallest absolute Gasteiger partial charge is 0.265 e. The Bertz CT molecular complexity index is 2370. The third kappa shape index (κ3) is 6.68. The monoisotopic (exact) mass is 733 g/mol. The third-order valence-electron chi connectivity index (χ3n) is 11.1. The van der Waals surface area contributed by atoms with E-state index in [1.165, 1.54) is 5.56 Å². The molecule has 1 saturated heterocycles. The summed E-state index contributed by atoms with van der Waals surface area (Å²) in [5.41, 5.74) is 6.04. The van der Waals surface area contributed by atoms with Gasteiger partial charge in [0.25, 0.3) is 11.8 Å². The van der Waals surface area contributed by atoms with Gasteiger partial charge in [-0.2, -0.15) is 0 Å². The van der Waals surface area contributed by atoms with E-state index in [2.05, 4.69) is 35.0 Å². The highest BCUT2D eigenvalue weighted by Crippen LogP contribution is 2.39. The van der Waals surface area contributed by atoms with E-state index in [4.69, 9.17) is 9.47 Å². The summed E-state index contributed by atoms with van der Waals surface area (Å²) in [6.07, 6.45) is 2.60. The molecule has 1 atom stereocenters. The molecule has 10 heteroatoms. The van der Waals surface area contributed by atoms with Gasteiger partial charge in [0.15, 0.2) is 11.5 Å². The summed E-state index contributed by atoms with van der Waals surface area (Å²) in [6.45, 7) is 5.98. The lowest BCUT2D eigenvalue weighted by Gasteiger charge is -2.42. The van der Waals surface area contributed by atoms with Crippen LogP contribution in [0.1, 0.15) is 31.8 Å². The maximum atomic E-state index is 15.3. The highest BCUT2D eigenvalue weighted by atomic mass is 16.6. The van der Waals surface area contributed by atoms with Crippen LogP contribution in [-0.2, 0) is 13.0 Å². The summed E-state index contributed by atoms with van der Waals surface area (Å²) in [7, 11) is 2.16. The first-order chi connectivity index (χ1) is 26.9. The number of phenols is 1. The number of rotatable bonds is 7. The van der Waals surface area contributed by atoms with E-state index >= 15 is 4.79 Å². The van der Waals surface area contributed by atoms with E-state index in [1.807, 2.05) is 88.5 Å². The number of carbonyl (C=O) groups excluding carboxylic acids is 2. The molecule has 0 radical (unpaired) electrons. The number of benzene rings is 5. The number of phenolic OH excluding ortho intramolecular Hbond substituents is 1. The van der Waals surface area contributed by atoms with Gasteiger partial charge < -0.3 is 28.9 Å². The normalized spacial score (nSPS) is 17.2. The van der Waals surface area contributed by atoms with E-state index in [0.717, 1.165) is 55.6 Å². The first-order valence-corrected chi connectivity index (χ1v) is 18.9. The summed E-state index contributed by atoms with van der Waals surface area (Å²) >= 11 is 0. The first-order valence-electron chi connectivity index (χ1n) is 18.9. The van der Waals surface area contributed by atoms with Crippen molar-refractivity contribution in [1.82, 2.24) is 19.3 Å². The lowest BCUT2D eigenvalue weighted by atomic mass is 9.92. The average molecular weight is 734 g/mol. The van der Waals surface area contributed by atoms with Crippen molar-refractivity contribution in [3.63, 3.8) is 0 Å². The first kappa shape index (κ1) is 34.7. The fourth-order valence-corrected chi connectivity index (χ4v) is 8.15. The fraction of sp³-hybridized carbons (Fsp3) is 0.244. The van der Waals surface area contributed by atoms with Crippen LogP contribution in [0, 0.1) is 0 Å². The number of hydrogen-bond acceptors (Lipinski definition) is 7. The molecule has 55 heavy (non-hydrogen) atoms. The summed E-state index contributed by atoms with van der Waals surface area (Å²) in [6, 6.07) is 35.9. The van der Waals surface area contributed by atoms with Crippen LogP contribution in [0.5, 0.6) is 17.2 Å². The average Bonchev–Trinajstić information content (AvgIpc) is 3.61. The van der Waals surface area contributed by atoms with Crippen molar-refractivity contribution in [2.75, 3.05) is 57.9 Å². The number of ether oxygens (including phenoxy) is 2. The fourth-order valence-electron chi connectivity index (χ4n) is 8.15. The van der Waals surface area contributed by atoms with Crippen LogP contribution in [0.25, 0.3) is 16.6 Å². The molecule has 0 aliphatic carbocycles. The molecule has 0 bridgehead atoms. The van der Waals surface area contributed by atoms with E-state index in [-0.39, 0.29) is 23.6 Å². The van der Waals surface area contributed by atoms with Gasteiger partial charge in [0.05, 0.1) is 22.3 Å². The number of aromatic nitrogens is 1. The highest BCUT2D eigenvalue weighted by molar-refractivity contribution is 6.17. The Morgan fingerprint density at radius 3 is 2.16 bits per heavy atom. The van der Waals surface area contributed by atoms with Gasteiger partial charge in [-0.1, -0.05) is 60.7 Å². The van der Waals surface area contributed by atoms with Gasteiger partial charge in [0.2, 0.25) is 0 Å². The summed E-state index contributed by atoms with van der Waals surface area (Å²) in [5, 5.41) is 10.8. The number of carbonyl (C=O) groups is 2. The zero-order valence-corrected chi connectivity index (χ0v) is 30.8. The molecule has 1 fully saturated rings. The second-order valence-electron chi connectivity index (χ2n) is 14.6. The highest BCUT2D eigenvalue weighted by Gasteiger charge is 2.35. The number of likely N-dealkylation sites (N-methyl/N-ethyl adjacent to an activating group) is 1. The van der Waals surface area contributed by atoms with Crippen LogP contribution in [0.2, 0.25) is 0 Å². The molecule has 9 rings (SSSR count). The largest absolute Gasteiger partial charge is 0.508 e. The Labute approximate surface area is 320 Å². The van der Waals surface area contributed by atoms with Crippen LogP contribution >= 0.6 is 0 Å². The molecule has 2 amide bonds. The lowest BCUT2D eigenvalue weighted by Crippen LogP contribution is -2.53. The van der Waals surface area contributed by atoms with Crippen molar-refractivity contribution in [3.8, 4) is 22.9 Å². The number of fused-ring (bicyclic) bond motifs is 3. The number of anilines is 2. The number of para-hydroxylation sites is 2. The Morgan fingerprint density at radius 2 is 1.40 bits per heavy atom. The Morgan fingerprint density at radius 1 is 0.745 bits per heavy atom. The summed E-state index contributed by atoms with van der Waals surface area (Å²) < 4.78 is 14.1. The molecule has 3 aliphatic rings. The molecule has 4 heterocycles. The molecular formula is C45H43N5O5. The zero-order chi connectivity index (χ0) is 37.5. The molecule has 0 spiro atoms. The molecule has 6 aromatic rings. The van der Waals surface area contributed by atoms with E-state index in [0.29, 0.717) is 59.4 Å². The van der Waals surface area contributed by atoms with Crippen LogP contribution in [0.15, 0.2) is 121 Å². The minimum Gasteiger partial charge on any atom is -0.508 e. The Balaban J connectivity index is 1.16. The van der Waals surface area contributed by atoms with Gasteiger partial charge in [0, 0.05) is 74.3 Å². The molecule has 1 aromatic heterocycles. The molecule has 3 aliphatic heterocycles. The zero-order valence-electron chi connectivity index (χ0n) is 30.8. The number of amides is 2. The molecule has 5 aromatic carbocycles. The number of piperazine rings is 1. The third-order valence-corrected chi connectivity index (χ3v) is 11.1. The second kappa shape index (κ2) is 14.6. The lowest BCUT2D eigenvalue weighted by molar-refractivity contribution is 0.0535. The maximum Gasteiger partial charge on any atom is 0.265 e. The van der Waals surface area contributed by atoms with Gasteiger partial charge in [-0.15, -0.1) is 0 Å². The van der Waals surface area contributed by atoms with Crippen LogP contribution in [-0.4, -0.2) is 95.2 Å². The molecule has 0 saturated carbocycles. The number of hydrogen-bond donors (Lipinski definition) is 1. The molecule has 1 N–H and O–H groups in total. The maximum absolute atomic E-state index is 15.3. The van der Waals surface area contributed by atoms with Crippen molar-refractivity contribution < 1.29 is 24.2 Å².